The van der Waals surface area contributed by atoms with Gasteiger partial charge in [0.05, 0.1) is 24.4 Å². The van der Waals surface area contributed by atoms with Crippen LogP contribution in [-0.2, 0) is 4.74 Å². The molecular formula is C28H35F3O2. The van der Waals surface area contributed by atoms with Crippen molar-refractivity contribution in [3.05, 3.63) is 53.0 Å². The van der Waals surface area contributed by atoms with E-state index in [2.05, 4.69) is 6.92 Å². The van der Waals surface area contributed by atoms with Gasteiger partial charge in [0, 0.05) is 0 Å². The molecule has 0 N–H and O–H groups in total. The van der Waals surface area contributed by atoms with E-state index in [4.69, 9.17) is 9.47 Å². The molecule has 4 rings (SSSR count). The van der Waals surface area contributed by atoms with E-state index in [0.29, 0.717) is 23.0 Å². The molecule has 0 aromatic heterocycles. The van der Waals surface area contributed by atoms with E-state index in [1.165, 1.54) is 30.9 Å². The summed E-state index contributed by atoms with van der Waals surface area (Å²) in [5.74, 6) is -2.51. The Hall–Kier alpha value is -2.17. The molecule has 0 saturated heterocycles. The van der Waals surface area contributed by atoms with Crippen molar-refractivity contribution < 1.29 is 22.6 Å². The van der Waals surface area contributed by atoms with Gasteiger partial charge in [0.25, 0.3) is 0 Å². The smallest absolute Gasteiger partial charge is 0.175 e. The van der Waals surface area contributed by atoms with Crippen molar-refractivity contribution in [1.82, 2.24) is 0 Å². The van der Waals surface area contributed by atoms with Gasteiger partial charge >= 0.3 is 0 Å². The predicted octanol–water partition coefficient (Wildman–Crippen LogP) is 8.57. The minimum Gasteiger partial charge on any atom is -0.498 e. The Morgan fingerprint density at radius 3 is 2.33 bits per heavy atom. The fourth-order valence-electron chi connectivity index (χ4n) is 5.49. The maximum absolute atomic E-state index is 15.0. The van der Waals surface area contributed by atoms with E-state index in [0.717, 1.165) is 44.9 Å². The Bertz CT molecular complexity index is 993. The van der Waals surface area contributed by atoms with E-state index in [-0.39, 0.29) is 23.7 Å². The van der Waals surface area contributed by atoms with E-state index in [1.807, 2.05) is 6.26 Å². The highest BCUT2D eigenvalue weighted by molar-refractivity contribution is 5.86. The number of hydrogen-bond acceptors (Lipinski definition) is 2. The number of ether oxygens (including phenoxy) is 2. The lowest BCUT2D eigenvalue weighted by molar-refractivity contribution is 0.103. The Morgan fingerprint density at radius 2 is 1.67 bits per heavy atom. The number of fused-ring (bicyclic) bond motifs is 1. The molecule has 33 heavy (non-hydrogen) atoms. The van der Waals surface area contributed by atoms with Crippen LogP contribution in [-0.4, -0.2) is 12.7 Å². The van der Waals surface area contributed by atoms with Crippen LogP contribution in [0.2, 0.25) is 0 Å². The minimum atomic E-state index is -1.11. The van der Waals surface area contributed by atoms with E-state index >= 15 is 4.39 Å². The van der Waals surface area contributed by atoms with Crippen LogP contribution in [0.4, 0.5) is 13.2 Å². The van der Waals surface area contributed by atoms with Crippen molar-refractivity contribution in [2.45, 2.75) is 90.1 Å². The van der Waals surface area contributed by atoms with Crippen molar-refractivity contribution in [3.63, 3.8) is 0 Å². The molecule has 1 fully saturated rings. The van der Waals surface area contributed by atoms with Gasteiger partial charge in [-0.15, -0.1) is 0 Å². The summed E-state index contributed by atoms with van der Waals surface area (Å²) in [6.45, 7) is 4.20. The zero-order valence-electron chi connectivity index (χ0n) is 19.8. The molecule has 180 valence electrons. The van der Waals surface area contributed by atoms with Gasteiger partial charge in [-0.1, -0.05) is 25.8 Å². The largest absolute Gasteiger partial charge is 0.498 e. The number of halogens is 3. The second kappa shape index (κ2) is 10.8. The molecule has 2 aromatic rings. The molecular weight excluding hydrogens is 425 g/mol. The molecule has 0 amide bonds. The molecule has 1 atom stereocenters. The standard InChI is InChI=1S/C28H35F3O2/c1-3-5-6-7-22-14-12-21(17-33-22)18-8-10-19(11-9-18)23-16-20-13-15-24(32-4-2)27(30)25(20)28(31)26(23)29/h13,15-19,22H,3-12,14H2,1-2H3. The van der Waals surface area contributed by atoms with Crippen LogP contribution in [0.3, 0.4) is 0 Å². The molecule has 0 spiro atoms. The van der Waals surface area contributed by atoms with Gasteiger partial charge in [0.15, 0.2) is 23.2 Å². The van der Waals surface area contributed by atoms with Crippen molar-refractivity contribution in [1.29, 1.82) is 0 Å². The quantitative estimate of drug-likeness (QED) is 0.367. The number of rotatable bonds is 8. The lowest BCUT2D eigenvalue weighted by Gasteiger charge is -2.33. The summed E-state index contributed by atoms with van der Waals surface area (Å²) in [6.07, 6.45) is 12.8. The number of allylic oxidation sites excluding steroid dienone is 1. The summed E-state index contributed by atoms with van der Waals surface area (Å²) in [5.41, 5.74) is 1.74. The monoisotopic (exact) mass is 460 g/mol. The van der Waals surface area contributed by atoms with Crippen molar-refractivity contribution in [2.75, 3.05) is 6.61 Å². The molecule has 0 bridgehead atoms. The second-order valence-corrected chi connectivity index (χ2v) is 9.54. The van der Waals surface area contributed by atoms with Crippen LogP contribution in [0.5, 0.6) is 5.75 Å². The molecule has 2 aromatic carbocycles. The normalized spacial score (nSPS) is 23.3. The summed E-state index contributed by atoms with van der Waals surface area (Å²) in [5, 5.41) is 0.0540. The van der Waals surface area contributed by atoms with Gasteiger partial charge in [-0.3, -0.25) is 0 Å². The summed E-state index contributed by atoms with van der Waals surface area (Å²) < 4.78 is 55.8. The summed E-state index contributed by atoms with van der Waals surface area (Å²) in [7, 11) is 0. The fraction of sp³-hybridized carbons (Fsp3) is 0.571. The van der Waals surface area contributed by atoms with Crippen molar-refractivity contribution in [3.8, 4) is 5.75 Å². The van der Waals surface area contributed by atoms with Crippen LogP contribution < -0.4 is 4.74 Å². The Morgan fingerprint density at radius 1 is 0.909 bits per heavy atom. The van der Waals surface area contributed by atoms with Crippen molar-refractivity contribution in [2.24, 2.45) is 5.92 Å². The summed E-state index contributed by atoms with van der Waals surface area (Å²) in [6, 6.07) is 4.73. The Kier molecular flexibility index (Phi) is 7.87. The van der Waals surface area contributed by atoms with Gasteiger partial charge in [0.2, 0.25) is 0 Å². The van der Waals surface area contributed by atoms with Gasteiger partial charge in [-0.2, -0.15) is 0 Å². The van der Waals surface area contributed by atoms with Gasteiger partial charge in [0.1, 0.15) is 0 Å². The average molecular weight is 461 g/mol. The summed E-state index contributed by atoms with van der Waals surface area (Å²) in [4.78, 5) is 0. The number of hydrogen-bond donors (Lipinski definition) is 0. The predicted molar refractivity (Wildman–Crippen MR) is 126 cm³/mol. The molecule has 1 aliphatic heterocycles. The van der Waals surface area contributed by atoms with Crippen LogP contribution in [0.1, 0.15) is 89.5 Å². The molecule has 2 aliphatic rings. The van der Waals surface area contributed by atoms with E-state index in [9.17, 15) is 8.78 Å². The SMILES string of the molecule is CCCCCC1CCC(C2CCC(c3cc4ccc(OCC)c(F)c4c(F)c3F)CC2)=CO1. The zero-order chi connectivity index (χ0) is 23.4. The van der Waals surface area contributed by atoms with Gasteiger partial charge in [-0.25, -0.2) is 13.2 Å². The van der Waals surface area contributed by atoms with Crippen molar-refractivity contribution >= 4 is 10.8 Å². The lowest BCUT2D eigenvalue weighted by atomic mass is 9.74. The second-order valence-electron chi connectivity index (χ2n) is 9.54. The van der Waals surface area contributed by atoms with Crippen LogP contribution in [0.15, 0.2) is 30.0 Å². The highest BCUT2D eigenvalue weighted by Crippen LogP contribution is 2.43. The topological polar surface area (TPSA) is 18.5 Å². The molecule has 1 saturated carbocycles. The molecule has 5 heteroatoms. The van der Waals surface area contributed by atoms with E-state index < -0.39 is 17.5 Å². The highest BCUT2D eigenvalue weighted by atomic mass is 19.2. The molecule has 1 heterocycles. The first-order chi connectivity index (χ1) is 16.0. The first kappa shape index (κ1) is 24.0. The maximum Gasteiger partial charge on any atom is 0.175 e. The molecule has 0 radical (unpaired) electrons. The first-order valence-corrected chi connectivity index (χ1v) is 12.6. The molecule has 1 aliphatic carbocycles. The molecule has 1 unspecified atom stereocenters. The minimum absolute atomic E-state index is 0.0489. The van der Waals surface area contributed by atoms with Gasteiger partial charge in [-0.05, 0) is 98.8 Å². The Balaban J connectivity index is 1.43. The molecule has 2 nitrogen and oxygen atoms in total. The Labute approximate surface area is 195 Å². The number of benzene rings is 2. The number of unbranched alkanes of at least 4 members (excludes halogenated alkanes) is 2. The van der Waals surface area contributed by atoms with E-state index in [1.54, 1.807) is 19.1 Å². The zero-order valence-corrected chi connectivity index (χ0v) is 19.8. The van der Waals surface area contributed by atoms with Crippen LogP contribution >= 0.6 is 0 Å². The highest BCUT2D eigenvalue weighted by Gasteiger charge is 2.30. The maximum atomic E-state index is 15.0. The lowest BCUT2D eigenvalue weighted by Crippen LogP contribution is -2.21. The third-order valence-electron chi connectivity index (χ3n) is 7.40. The van der Waals surface area contributed by atoms with Gasteiger partial charge < -0.3 is 9.47 Å². The summed E-state index contributed by atoms with van der Waals surface area (Å²) >= 11 is 0. The average Bonchev–Trinajstić information content (AvgIpc) is 2.84. The van der Waals surface area contributed by atoms with Crippen LogP contribution in [0, 0.1) is 23.4 Å². The third-order valence-corrected chi connectivity index (χ3v) is 7.40. The fourth-order valence-corrected chi connectivity index (χ4v) is 5.49. The third kappa shape index (κ3) is 5.17. The first-order valence-electron chi connectivity index (χ1n) is 12.6. The van der Waals surface area contributed by atoms with Crippen LogP contribution in [0.25, 0.3) is 10.8 Å².